The molecule has 0 saturated heterocycles. The number of anilines is 1. The van der Waals surface area contributed by atoms with E-state index in [2.05, 4.69) is 20.5 Å². The van der Waals surface area contributed by atoms with Gasteiger partial charge in [-0.05, 0) is 56.1 Å². The first-order chi connectivity index (χ1) is 15.0. The van der Waals surface area contributed by atoms with Crippen molar-refractivity contribution in [3.05, 3.63) is 75.5 Å². The molecule has 166 valence electrons. The molecule has 1 aromatic carbocycles. The molecule has 3 aromatic heterocycles. The van der Waals surface area contributed by atoms with E-state index >= 15 is 0 Å². The normalized spacial score (nSPS) is 11.8. The van der Waals surface area contributed by atoms with Gasteiger partial charge in [-0.2, -0.15) is 19.0 Å². The lowest BCUT2D eigenvalue weighted by atomic mass is 10.2. The minimum Gasteiger partial charge on any atom is -0.317 e. The predicted octanol–water partition coefficient (Wildman–Crippen LogP) is 5.09. The SMILES string of the molecule is Cc1cc(C(F)(F)Cl)n2nc(C(=O)Nc3c(C)nn(Cc4cccc(Cl)c4)c3C)cc2n1. The monoisotopic (exact) mass is 478 g/mol. The summed E-state index contributed by atoms with van der Waals surface area (Å²) in [5.41, 5.74) is 2.57. The van der Waals surface area contributed by atoms with Crippen molar-refractivity contribution in [2.45, 2.75) is 32.7 Å². The number of hydrogen-bond donors (Lipinski definition) is 1. The summed E-state index contributed by atoms with van der Waals surface area (Å²) in [6.45, 7) is 5.60. The van der Waals surface area contributed by atoms with Gasteiger partial charge in [-0.3, -0.25) is 9.48 Å². The van der Waals surface area contributed by atoms with Crippen LogP contribution in [-0.2, 0) is 11.9 Å². The van der Waals surface area contributed by atoms with E-state index in [1.807, 2.05) is 25.1 Å². The quantitative estimate of drug-likeness (QED) is 0.405. The Hall–Kier alpha value is -3.04. The maximum Gasteiger partial charge on any atom is 0.364 e. The maximum atomic E-state index is 13.8. The zero-order valence-corrected chi connectivity index (χ0v) is 18.8. The fourth-order valence-corrected chi connectivity index (χ4v) is 3.78. The Labute approximate surface area is 192 Å². The van der Waals surface area contributed by atoms with Crippen molar-refractivity contribution in [1.82, 2.24) is 24.4 Å². The number of hydrogen-bond acceptors (Lipinski definition) is 4. The van der Waals surface area contributed by atoms with Gasteiger partial charge in [0.15, 0.2) is 11.3 Å². The van der Waals surface area contributed by atoms with Crippen LogP contribution >= 0.6 is 23.2 Å². The average Bonchev–Trinajstić information content (AvgIpc) is 3.23. The predicted molar refractivity (Wildman–Crippen MR) is 118 cm³/mol. The Balaban J connectivity index is 1.63. The highest BCUT2D eigenvalue weighted by Crippen LogP contribution is 2.32. The molecule has 0 aliphatic rings. The van der Waals surface area contributed by atoms with Gasteiger partial charge in [0.2, 0.25) is 0 Å². The number of carbonyl (C=O) groups is 1. The topological polar surface area (TPSA) is 77.1 Å². The van der Waals surface area contributed by atoms with E-state index in [9.17, 15) is 13.6 Å². The van der Waals surface area contributed by atoms with Crippen molar-refractivity contribution in [3.63, 3.8) is 0 Å². The van der Waals surface area contributed by atoms with Crippen molar-refractivity contribution in [2.24, 2.45) is 0 Å². The summed E-state index contributed by atoms with van der Waals surface area (Å²) in [6.07, 6.45) is 0. The molecule has 0 bridgehead atoms. The summed E-state index contributed by atoms with van der Waals surface area (Å²) in [7, 11) is 0. The second kappa shape index (κ2) is 8.14. The lowest BCUT2D eigenvalue weighted by Gasteiger charge is -2.10. The number of rotatable bonds is 5. The molecule has 32 heavy (non-hydrogen) atoms. The van der Waals surface area contributed by atoms with Crippen molar-refractivity contribution in [2.75, 3.05) is 5.32 Å². The van der Waals surface area contributed by atoms with Gasteiger partial charge in [0.1, 0.15) is 5.69 Å². The number of benzene rings is 1. The summed E-state index contributed by atoms with van der Waals surface area (Å²) in [4.78, 5) is 17.0. The highest BCUT2D eigenvalue weighted by molar-refractivity contribution is 6.30. The number of aryl methyl sites for hydroxylation is 2. The Kier molecular flexibility index (Phi) is 5.64. The lowest BCUT2D eigenvalue weighted by Crippen LogP contribution is -2.16. The number of amides is 1. The van der Waals surface area contributed by atoms with E-state index in [0.29, 0.717) is 28.6 Å². The molecule has 7 nitrogen and oxygen atoms in total. The Morgan fingerprint density at radius 3 is 2.59 bits per heavy atom. The van der Waals surface area contributed by atoms with Crippen LogP contribution in [0.4, 0.5) is 14.5 Å². The Morgan fingerprint density at radius 1 is 1.16 bits per heavy atom. The molecule has 4 rings (SSSR count). The third-order valence-electron chi connectivity index (χ3n) is 4.92. The second-order valence-electron chi connectivity index (χ2n) is 7.37. The molecule has 11 heteroatoms. The Morgan fingerprint density at radius 2 is 1.91 bits per heavy atom. The van der Waals surface area contributed by atoms with E-state index in [1.165, 1.54) is 6.07 Å². The summed E-state index contributed by atoms with van der Waals surface area (Å²) in [5.74, 6) is -0.578. The van der Waals surface area contributed by atoms with E-state index in [1.54, 1.807) is 24.6 Å². The molecule has 3 heterocycles. The number of carbonyl (C=O) groups excluding carboxylic acids is 1. The van der Waals surface area contributed by atoms with E-state index < -0.39 is 17.0 Å². The van der Waals surface area contributed by atoms with Crippen molar-refractivity contribution in [1.29, 1.82) is 0 Å². The van der Waals surface area contributed by atoms with Gasteiger partial charge in [-0.15, -0.1) is 0 Å². The van der Waals surface area contributed by atoms with Gasteiger partial charge in [-0.1, -0.05) is 23.7 Å². The first kappa shape index (κ1) is 22.2. The van der Waals surface area contributed by atoms with Crippen LogP contribution in [0.5, 0.6) is 0 Å². The molecule has 0 radical (unpaired) electrons. The van der Waals surface area contributed by atoms with Crippen LogP contribution in [0.3, 0.4) is 0 Å². The molecule has 4 aromatic rings. The van der Waals surface area contributed by atoms with Crippen LogP contribution < -0.4 is 5.32 Å². The molecule has 1 N–H and O–H groups in total. The van der Waals surface area contributed by atoms with E-state index in [-0.39, 0.29) is 11.3 Å². The van der Waals surface area contributed by atoms with Crippen LogP contribution in [0.15, 0.2) is 36.4 Å². The van der Waals surface area contributed by atoms with Gasteiger partial charge in [0.25, 0.3) is 5.91 Å². The molecule has 0 unspecified atom stereocenters. The van der Waals surface area contributed by atoms with Gasteiger partial charge < -0.3 is 5.32 Å². The lowest BCUT2D eigenvalue weighted by molar-refractivity contribution is 0.0868. The first-order valence-electron chi connectivity index (χ1n) is 9.57. The fraction of sp³-hybridized carbons (Fsp3) is 0.238. The van der Waals surface area contributed by atoms with Crippen LogP contribution in [-0.4, -0.2) is 30.3 Å². The van der Waals surface area contributed by atoms with Gasteiger partial charge in [-0.25, -0.2) is 9.50 Å². The van der Waals surface area contributed by atoms with Gasteiger partial charge in [0.05, 0.1) is 23.6 Å². The highest BCUT2D eigenvalue weighted by Gasteiger charge is 2.33. The minimum absolute atomic E-state index is 0.0772. The number of nitrogens with one attached hydrogen (secondary N) is 1. The van der Waals surface area contributed by atoms with Crippen LogP contribution in [0.25, 0.3) is 5.65 Å². The standard InChI is InChI=1S/C21H18Cl2F2N6O/c1-11-7-17(21(23,24)25)31-18(26-11)9-16(29-31)20(32)27-19-12(2)28-30(13(19)3)10-14-5-4-6-15(22)8-14/h4-9H,10H2,1-3H3,(H,27,32). The van der Waals surface area contributed by atoms with Crippen LogP contribution in [0, 0.1) is 20.8 Å². The summed E-state index contributed by atoms with van der Waals surface area (Å²) in [6, 6.07) is 9.86. The highest BCUT2D eigenvalue weighted by atomic mass is 35.5. The largest absolute Gasteiger partial charge is 0.364 e. The molecular formula is C21H18Cl2F2N6O. The summed E-state index contributed by atoms with van der Waals surface area (Å²) in [5, 5.41) is 8.21. The van der Waals surface area contributed by atoms with Crippen LogP contribution in [0.2, 0.25) is 5.02 Å². The van der Waals surface area contributed by atoms with Crippen molar-refractivity contribution < 1.29 is 13.6 Å². The molecule has 1 amide bonds. The third kappa shape index (κ3) is 4.31. The minimum atomic E-state index is -3.67. The molecule has 0 aliphatic heterocycles. The zero-order chi connectivity index (χ0) is 23.2. The maximum absolute atomic E-state index is 13.8. The number of aromatic nitrogens is 5. The van der Waals surface area contributed by atoms with E-state index in [4.69, 9.17) is 23.2 Å². The molecular weight excluding hydrogens is 461 g/mol. The smallest absolute Gasteiger partial charge is 0.317 e. The number of alkyl halides is 3. The summed E-state index contributed by atoms with van der Waals surface area (Å²) < 4.78 is 30.2. The summed E-state index contributed by atoms with van der Waals surface area (Å²) >= 11 is 11.3. The second-order valence-corrected chi connectivity index (χ2v) is 8.28. The fourth-order valence-electron chi connectivity index (χ4n) is 3.43. The number of halogens is 4. The molecule has 0 saturated carbocycles. The molecule has 0 fully saturated rings. The van der Waals surface area contributed by atoms with Gasteiger partial charge >= 0.3 is 5.38 Å². The van der Waals surface area contributed by atoms with Crippen molar-refractivity contribution >= 4 is 40.4 Å². The number of nitrogens with zero attached hydrogens (tertiary/aromatic N) is 5. The van der Waals surface area contributed by atoms with Crippen LogP contribution in [0.1, 0.15) is 38.8 Å². The first-order valence-corrected chi connectivity index (χ1v) is 10.3. The zero-order valence-electron chi connectivity index (χ0n) is 17.3. The Bertz CT molecular complexity index is 1340. The molecule has 0 atom stereocenters. The van der Waals surface area contributed by atoms with Gasteiger partial charge in [0, 0.05) is 16.8 Å². The average molecular weight is 479 g/mol. The molecule has 0 aliphatic carbocycles. The molecule has 0 spiro atoms. The number of fused-ring (bicyclic) bond motifs is 1. The van der Waals surface area contributed by atoms with Crippen molar-refractivity contribution in [3.8, 4) is 0 Å². The van der Waals surface area contributed by atoms with E-state index in [0.717, 1.165) is 21.8 Å². The third-order valence-corrected chi connectivity index (χ3v) is 5.35.